The van der Waals surface area contributed by atoms with Gasteiger partial charge in [0.1, 0.15) is 11.3 Å². The molecule has 1 aromatic carbocycles. The molecule has 2 aromatic heterocycles. The van der Waals surface area contributed by atoms with E-state index in [0.717, 1.165) is 34.4 Å². The fourth-order valence-electron chi connectivity index (χ4n) is 4.35. The molecule has 1 aliphatic rings. The maximum Gasteiger partial charge on any atom is 0.341 e. The summed E-state index contributed by atoms with van der Waals surface area (Å²) in [6.07, 6.45) is 5.90. The Bertz CT molecular complexity index is 1280. The third-order valence-corrected chi connectivity index (χ3v) is 6.04. The number of rotatable bonds is 10. The highest BCUT2D eigenvalue weighted by atomic mass is 16.5. The maximum absolute atomic E-state index is 12.6. The average Bonchev–Trinajstić information content (AvgIpc) is 3.25. The van der Waals surface area contributed by atoms with Gasteiger partial charge in [-0.2, -0.15) is 5.10 Å². The van der Waals surface area contributed by atoms with Crippen LogP contribution in [0.25, 0.3) is 22.4 Å². The van der Waals surface area contributed by atoms with Gasteiger partial charge in [0.05, 0.1) is 31.2 Å². The first-order chi connectivity index (χ1) is 16.8. The zero-order valence-corrected chi connectivity index (χ0v) is 20.5. The number of aromatic nitrogens is 3. The molecular formula is C26H31N3O6. The summed E-state index contributed by atoms with van der Waals surface area (Å²) < 4.78 is 20.9. The van der Waals surface area contributed by atoms with Gasteiger partial charge in [-0.05, 0) is 31.5 Å². The molecule has 35 heavy (non-hydrogen) atoms. The molecule has 1 N–H and O–H groups in total. The molecule has 0 spiro atoms. The number of hydrogen-bond acceptors (Lipinski definition) is 6. The first-order valence-corrected chi connectivity index (χ1v) is 11.7. The Morgan fingerprint density at radius 3 is 2.66 bits per heavy atom. The molecule has 4 rings (SSSR count). The zero-order valence-electron chi connectivity index (χ0n) is 20.5. The number of carbonyl (C=O) groups is 1. The summed E-state index contributed by atoms with van der Waals surface area (Å²) in [7, 11) is 3.51. The number of hydrogen-bond donors (Lipinski definition) is 1. The third-order valence-electron chi connectivity index (χ3n) is 6.04. The second-order valence-electron chi connectivity index (χ2n) is 9.01. The largest absolute Gasteiger partial charge is 0.493 e. The van der Waals surface area contributed by atoms with Crippen LogP contribution in [0.1, 0.15) is 42.1 Å². The molecule has 1 aliphatic heterocycles. The molecular weight excluding hydrogens is 450 g/mol. The molecule has 0 unspecified atom stereocenters. The van der Waals surface area contributed by atoms with Crippen LogP contribution in [0.3, 0.4) is 0 Å². The van der Waals surface area contributed by atoms with E-state index in [2.05, 4.69) is 5.10 Å². The second kappa shape index (κ2) is 10.5. The lowest BCUT2D eigenvalue weighted by atomic mass is 9.86. The normalized spacial score (nSPS) is 14.6. The molecule has 0 amide bonds. The summed E-state index contributed by atoms with van der Waals surface area (Å²) in [6, 6.07) is 5.44. The second-order valence-corrected chi connectivity index (χ2v) is 9.01. The van der Waals surface area contributed by atoms with Crippen LogP contribution in [0.5, 0.6) is 5.75 Å². The van der Waals surface area contributed by atoms with Crippen molar-refractivity contribution >= 4 is 5.97 Å². The molecule has 186 valence electrons. The molecule has 0 fully saturated rings. The van der Waals surface area contributed by atoms with Gasteiger partial charge >= 0.3 is 5.97 Å². The molecule has 0 saturated carbocycles. The molecule has 0 saturated heterocycles. The van der Waals surface area contributed by atoms with Gasteiger partial charge in [-0.25, -0.2) is 4.79 Å². The molecule has 0 aliphatic carbocycles. The van der Waals surface area contributed by atoms with Gasteiger partial charge in [-0.15, -0.1) is 0 Å². The van der Waals surface area contributed by atoms with Crippen molar-refractivity contribution in [2.24, 2.45) is 7.05 Å². The average molecular weight is 482 g/mol. The molecule has 3 aromatic rings. The lowest BCUT2D eigenvalue weighted by Crippen LogP contribution is -2.27. The summed E-state index contributed by atoms with van der Waals surface area (Å²) >= 11 is 0. The van der Waals surface area contributed by atoms with Crippen molar-refractivity contribution in [3.63, 3.8) is 0 Å². The van der Waals surface area contributed by atoms with Crippen LogP contribution in [0, 0.1) is 0 Å². The number of carboxylic acids is 1. The van der Waals surface area contributed by atoms with E-state index < -0.39 is 11.4 Å². The smallest absolute Gasteiger partial charge is 0.341 e. The summed E-state index contributed by atoms with van der Waals surface area (Å²) in [5, 5.41) is 13.8. The van der Waals surface area contributed by atoms with E-state index in [1.807, 2.05) is 43.8 Å². The minimum absolute atomic E-state index is 0.0443. The topological polar surface area (TPSA) is 105 Å². The van der Waals surface area contributed by atoms with Crippen molar-refractivity contribution in [3.8, 4) is 28.1 Å². The van der Waals surface area contributed by atoms with Crippen molar-refractivity contribution in [1.29, 1.82) is 0 Å². The number of methoxy groups -OCH3 is 1. The fourth-order valence-corrected chi connectivity index (χ4v) is 4.35. The van der Waals surface area contributed by atoms with E-state index >= 15 is 0 Å². The number of benzene rings is 1. The van der Waals surface area contributed by atoms with E-state index in [9.17, 15) is 14.7 Å². The minimum Gasteiger partial charge on any atom is -0.493 e. The maximum atomic E-state index is 12.6. The van der Waals surface area contributed by atoms with Gasteiger partial charge in [-0.1, -0.05) is 0 Å². The van der Waals surface area contributed by atoms with Crippen molar-refractivity contribution < 1.29 is 24.1 Å². The van der Waals surface area contributed by atoms with Crippen LogP contribution in [-0.4, -0.2) is 58.5 Å². The SMILES string of the molecule is COCCCOc1cc2c(cc1-c1cnn(C)c1)-c1cc(=O)c(C(=O)O)cn1C[C@@H]2COC(C)C. The minimum atomic E-state index is -1.23. The highest BCUT2D eigenvalue weighted by Crippen LogP contribution is 2.43. The first kappa shape index (κ1) is 24.7. The molecule has 1 atom stereocenters. The Kier molecular flexibility index (Phi) is 7.37. The van der Waals surface area contributed by atoms with Crippen molar-refractivity contribution in [1.82, 2.24) is 14.3 Å². The number of fused-ring (bicyclic) bond motifs is 3. The van der Waals surface area contributed by atoms with Crippen LogP contribution >= 0.6 is 0 Å². The predicted molar refractivity (Wildman–Crippen MR) is 131 cm³/mol. The van der Waals surface area contributed by atoms with E-state index in [-0.39, 0.29) is 17.6 Å². The van der Waals surface area contributed by atoms with Crippen LogP contribution in [-0.2, 0) is 23.1 Å². The summed E-state index contributed by atoms with van der Waals surface area (Å²) in [4.78, 5) is 24.2. The Morgan fingerprint density at radius 2 is 2.00 bits per heavy atom. The van der Waals surface area contributed by atoms with Crippen molar-refractivity contribution in [2.75, 3.05) is 26.9 Å². The highest BCUT2D eigenvalue weighted by Gasteiger charge is 2.29. The molecule has 9 nitrogen and oxygen atoms in total. The van der Waals surface area contributed by atoms with E-state index in [4.69, 9.17) is 14.2 Å². The van der Waals surface area contributed by atoms with Gasteiger partial charge in [-0.3, -0.25) is 9.48 Å². The predicted octanol–water partition coefficient (Wildman–Crippen LogP) is 3.55. The van der Waals surface area contributed by atoms with E-state index in [1.54, 1.807) is 18.0 Å². The Hall–Kier alpha value is -3.43. The van der Waals surface area contributed by atoms with E-state index in [0.29, 0.717) is 32.1 Å². The summed E-state index contributed by atoms with van der Waals surface area (Å²) in [5.41, 5.74) is 3.50. The standard InChI is InChI=1S/C26H31N3O6/c1-16(2)35-15-18-13-29-14-22(26(31)32)24(30)10-23(29)21-8-20(17-11-27-28(3)12-17)25(9-19(18)21)34-7-5-6-33-4/h8-12,14,16,18H,5-7,13,15H2,1-4H3,(H,31,32)/t18-/m1/s1. The number of aromatic carboxylic acids is 1. The molecule has 0 radical (unpaired) electrons. The molecule has 3 heterocycles. The fraction of sp³-hybridized carbons (Fsp3) is 0.423. The number of ether oxygens (including phenoxy) is 3. The van der Waals surface area contributed by atoms with Crippen LogP contribution in [0.2, 0.25) is 0 Å². The lowest BCUT2D eigenvalue weighted by molar-refractivity contribution is 0.0636. The van der Waals surface area contributed by atoms with Crippen molar-refractivity contribution in [3.05, 3.63) is 58.1 Å². The Morgan fingerprint density at radius 1 is 1.20 bits per heavy atom. The van der Waals surface area contributed by atoms with Crippen LogP contribution in [0.4, 0.5) is 0 Å². The van der Waals surface area contributed by atoms with Crippen LogP contribution < -0.4 is 10.2 Å². The quantitative estimate of drug-likeness (QED) is 0.442. The third kappa shape index (κ3) is 5.31. The molecule has 0 bridgehead atoms. The van der Waals surface area contributed by atoms with Gasteiger partial charge in [0.15, 0.2) is 5.43 Å². The van der Waals surface area contributed by atoms with Gasteiger partial charge < -0.3 is 23.9 Å². The number of pyridine rings is 1. The van der Waals surface area contributed by atoms with Gasteiger partial charge in [0, 0.05) is 74.8 Å². The number of carboxylic acid groups (broad SMARTS) is 1. The first-order valence-electron chi connectivity index (χ1n) is 11.7. The lowest BCUT2D eigenvalue weighted by Gasteiger charge is -2.31. The highest BCUT2D eigenvalue weighted by molar-refractivity contribution is 5.88. The zero-order chi connectivity index (χ0) is 25.1. The van der Waals surface area contributed by atoms with Gasteiger partial charge in [0.25, 0.3) is 0 Å². The summed E-state index contributed by atoms with van der Waals surface area (Å²) in [6.45, 7) is 5.99. The molecule has 9 heteroatoms. The van der Waals surface area contributed by atoms with E-state index in [1.165, 1.54) is 12.3 Å². The van der Waals surface area contributed by atoms with Gasteiger partial charge in [0.2, 0.25) is 0 Å². The number of nitrogens with zero attached hydrogens (tertiary/aromatic N) is 3. The number of aryl methyl sites for hydroxylation is 1. The monoisotopic (exact) mass is 481 g/mol. The summed E-state index contributed by atoms with van der Waals surface area (Å²) in [5.74, 6) is -0.560. The Labute approximate surface area is 203 Å². The van der Waals surface area contributed by atoms with Crippen molar-refractivity contribution in [2.45, 2.75) is 38.8 Å². The Balaban J connectivity index is 1.88. The van der Waals surface area contributed by atoms with Crippen LogP contribution in [0.15, 0.2) is 41.6 Å².